The summed E-state index contributed by atoms with van der Waals surface area (Å²) in [6.07, 6.45) is 0. The quantitative estimate of drug-likeness (QED) is 0.325. The Morgan fingerprint density at radius 3 is 0.533 bits per heavy atom. The standard InChI is InChI=1S/CH4.3HO3P.2H3P/c;3*1-4(2)3;;/h1H4;3*(H-,1,2,3);2*1H3/p+3. The Balaban J connectivity index is -0.0000000184. The summed E-state index contributed by atoms with van der Waals surface area (Å²) in [6.45, 7) is 0. The summed E-state index contributed by atoms with van der Waals surface area (Å²) < 4.78 is 26.1. The molecule has 0 bridgehead atoms. The average Bonchev–Trinajstić information content (AvgIpc) is 1.54. The van der Waals surface area contributed by atoms with Crippen molar-refractivity contribution in [2.24, 2.45) is 0 Å². The molecule has 0 aliphatic rings. The first-order valence-corrected chi connectivity index (χ1v) is 5.24. The Labute approximate surface area is 95.7 Å². The molecule has 0 aromatic carbocycles. The van der Waals surface area contributed by atoms with Crippen molar-refractivity contribution in [1.29, 1.82) is 0 Å². The van der Waals surface area contributed by atoms with E-state index in [0.29, 0.717) is 0 Å². The molecule has 0 saturated carbocycles. The first-order chi connectivity index (χ1) is 5.20. The van der Waals surface area contributed by atoms with E-state index in [4.69, 9.17) is 43.1 Å². The Bertz CT molecular complexity index is 116. The van der Waals surface area contributed by atoms with Gasteiger partial charge in [-0.3, -0.25) is 0 Å². The maximum atomic E-state index is 8.70. The lowest BCUT2D eigenvalue weighted by atomic mass is 12.0. The van der Waals surface area contributed by atoms with Crippen molar-refractivity contribution in [3.05, 3.63) is 0 Å². The Kier molecular flexibility index (Phi) is 70.5. The Hall–Kier alpha value is 0.920. The predicted molar refractivity (Wildman–Crippen MR) is 65.1 cm³/mol. The molecule has 0 radical (unpaired) electrons. The maximum Gasteiger partial charge on any atom is 0.692 e. The second kappa shape index (κ2) is 29.4. The molecular weight excluding hydrogens is 311 g/mol. The minimum Gasteiger partial charge on any atom is -0.153 e. The molecule has 0 heterocycles. The van der Waals surface area contributed by atoms with Gasteiger partial charge in [0, 0.05) is 13.7 Å². The van der Waals surface area contributed by atoms with Gasteiger partial charge in [0.1, 0.15) is 0 Å². The topological polar surface area (TPSA) is 173 Å². The van der Waals surface area contributed by atoms with Gasteiger partial charge in [0.05, 0.1) is 0 Å². The SMILES string of the molecule is C.O=[P+](O)O.O=[P+](O)O.O=[P+](O)O.P.P. The first-order valence-electron chi connectivity index (χ1n) is 1.75. The highest BCUT2D eigenvalue weighted by Gasteiger charge is 1.93. The molecule has 2 atom stereocenters. The molecule has 0 aromatic heterocycles. The van der Waals surface area contributed by atoms with Crippen LogP contribution < -0.4 is 0 Å². The molecule has 0 aliphatic heterocycles. The highest BCUT2D eigenvalue weighted by atomic mass is 31.1. The monoisotopic (exact) mass is 327 g/mol. The van der Waals surface area contributed by atoms with Gasteiger partial charge in [-0.05, 0) is 0 Å². The Morgan fingerprint density at radius 1 is 0.533 bits per heavy atom. The van der Waals surface area contributed by atoms with Crippen molar-refractivity contribution in [3.63, 3.8) is 0 Å². The second-order valence-corrected chi connectivity index (χ2v) is 2.27. The van der Waals surface area contributed by atoms with Crippen molar-refractivity contribution in [2.75, 3.05) is 0 Å². The number of hydrogen-bond acceptors (Lipinski definition) is 3. The van der Waals surface area contributed by atoms with Gasteiger partial charge < -0.3 is 0 Å². The summed E-state index contributed by atoms with van der Waals surface area (Å²) in [5.74, 6) is 0. The van der Waals surface area contributed by atoms with Crippen LogP contribution in [0.1, 0.15) is 7.43 Å². The molecule has 0 spiro atoms. The molecule has 15 heavy (non-hydrogen) atoms. The van der Waals surface area contributed by atoms with Crippen molar-refractivity contribution >= 4 is 44.6 Å². The summed E-state index contributed by atoms with van der Waals surface area (Å²) in [7, 11) is -8.61. The lowest BCUT2D eigenvalue weighted by Gasteiger charge is -1.34. The lowest BCUT2D eigenvalue weighted by Crippen LogP contribution is -1.38. The van der Waals surface area contributed by atoms with Crippen molar-refractivity contribution in [2.45, 2.75) is 7.43 Å². The molecule has 0 aromatic rings. The molecule has 0 saturated heterocycles. The van der Waals surface area contributed by atoms with Gasteiger partial charge in [0.2, 0.25) is 0 Å². The van der Waals surface area contributed by atoms with Crippen LogP contribution >= 0.6 is 44.6 Å². The van der Waals surface area contributed by atoms with Crippen molar-refractivity contribution in [3.8, 4) is 0 Å². The minimum absolute atomic E-state index is 0. The molecule has 96 valence electrons. The number of hydrogen-bond donors (Lipinski definition) is 6. The van der Waals surface area contributed by atoms with Gasteiger partial charge in [0.25, 0.3) is 0 Å². The summed E-state index contributed by atoms with van der Waals surface area (Å²) in [4.78, 5) is 42.7. The third-order valence-corrected chi connectivity index (χ3v) is 0. The number of rotatable bonds is 0. The highest BCUT2D eigenvalue weighted by molar-refractivity contribution is 7.31. The highest BCUT2D eigenvalue weighted by Crippen LogP contribution is 1.99. The van der Waals surface area contributed by atoms with Gasteiger partial charge in [-0.25, -0.2) is 0 Å². The molecule has 2 unspecified atom stereocenters. The molecule has 14 heteroatoms. The average molecular weight is 327 g/mol. The van der Waals surface area contributed by atoms with E-state index < -0.39 is 24.8 Å². The van der Waals surface area contributed by atoms with Crippen LogP contribution in [0.4, 0.5) is 0 Å². The van der Waals surface area contributed by atoms with Crippen LogP contribution in [-0.2, 0) is 13.7 Å². The fourth-order valence-corrected chi connectivity index (χ4v) is 0. The molecule has 9 nitrogen and oxygen atoms in total. The van der Waals surface area contributed by atoms with E-state index >= 15 is 0 Å². The lowest BCUT2D eigenvalue weighted by molar-refractivity contribution is 0.403. The molecule has 6 N–H and O–H groups in total. The molecule has 0 rings (SSSR count). The van der Waals surface area contributed by atoms with Crippen LogP contribution in [0.2, 0.25) is 0 Å². The fraction of sp³-hybridized carbons (Fsp3) is 1.00. The smallest absolute Gasteiger partial charge is 0.153 e. The summed E-state index contributed by atoms with van der Waals surface area (Å²) >= 11 is 0. The maximum absolute atomic E-state index is 8.70. The van der Waals surface area contributed by atoms with Crippen LogP contribution in [0.3, 0.4) is 0 Å². The molecule has 0 fully saturated rings. The molecule has 0 aliphatic carbocycles. The first kappa shape index (κ1) is 36.0. The van der Waals surface area contributed by atoms with Gasteiger partial charge >= 0.3 is 24.8 Å². The zero-order valence-corrected chi connectivity index (χ0v) is 12.2. The van der Waals surface area contributed by atoms with Gasteiger partial charge in [-0.15, -0.1) is 29.4 Å². The van der Waals surface area contributed by atoms with E-state index in [1.54, 1.807) is 0 Å². The van der Waals surface area contributed by atoms with Crippen LogP contribution in [0.5, 0.6) is 0 Å². The third kappa shape index (κ3) is 2940. The zero-order chi connectivity index (χ0) is 10.7. The van der Waals surface area contributed by atoms with Crippen LogP contribution in [0.15, 0.2) is 0 Å². The van der Waals surface area contributed by atoms with Crippen LogP contribution in [0.25, 0.3) is 0 Å². The van der Waals surface area contributed by atoms with Crippen LogP contribution in [-0.4, -0.2) is 29.4 Å². The molecular formula is CH16O9P5+3. The van der Waals surface area contributed by atoms with E-state index in [1.807, 2.05) is 0 Å². The van der Waals surface area contributed by atoms with E-state index in [0.717, 1.165) is 0 Å². The zero-order valence-electron chi connectivity index (χ0n) is 6.66. The van der Waals surface area contributed by atoms with Crippen molar-refractivity contribution < 1.29 is 43.1 Å². The van der Waals surface area contributed by atoms with E-state index in [1.165, 1.54) is 0 Å². The second-order valence-electron chi connectivity index (χ2n) is 0.758. The fourth-order valence-electron chi connectivity index (χ4n) is 0. The minimum atomic E-state index is -2.87. The van der Waals surface area contributed by atoms with Crippen molar-refractivity contribution in [1.82, 2.24) is 0 Å². The predicted octanol–water partition coefficient (Wildman–Crippen LogP) is -0.362. The van der Waals surface area contributed by atoms with E-state index in [2.05, 4.69) is 0 Å². The summed E-state index contributed by atoms with van der Waals surface area (Å²) in [6, 6.07) is 0. The Morgan fingerprint density at radius 2 is 0.533 bits per heavy atom. The molecule has 0 amide bonds. The normalized spacial score (nSPS) is 5.20. The summed E-state index contributed by atoms with van der Waals surface area (Å²) in [5, 5.41) is 0. The summed E-state index contributed by atoms with van der Waals surface area (Å²) in [5.41, 5.74) is 0. The van der Waals surface area contributed by atoms with Gasteiger partial charge in [0.15, 0.2) is 0 Å². The van der Waals surface area contributed by atoms with Gasteiger partial charge in [-0.1, -0.05) is 7.43 Å². The largest absolute Gasteiger partial charge is 0.692 e. The van der Waals surface area contributed by atoms with Crippen LogP contribution in [0, 0.1) is 0 Å². The van der Waals surface area contributed by atoms with E-state index in [9.17, 15) is 0 Å². The van der Waals surface area contributed by atoms with E-state index in [-0.39, 0.29) is 27.2 Å². The third-order valence-electron chi connectivity index (χ3n) is 0. The van der Waals surface area contributed by atoms with Gasteiger partial charge in [-0.2, -0.15) is 19.8 Å².